The van der Waals surface area contributed by atoms with Gasteiger partial charge in [-0.05, 0) is 60.4 Å². The van der Waals surface area contributed by atoms with Crippen LogP contribution in [0.5, 0.6) is 0 Å². The van der Waals surface area contributed by atoms with Crippen molar-refractivity contribution in [3.63, 3.8) is 0 Å². The van der Waals surface area contributed by atoms with Crippen molar-refractivity contribution in [1.82, 2.24) is 24.3 Å². The molecule has 0 fully saturated rings. The van der Waals surface area contributed by atoms with E-state index in [4.69, 9.17) is 16.6 Å². The van der Waals surface area contributed by atoms with Crippen LogP contribution >= 0.6 is 11.6 Å². The Morgan fingerprint density at radius 1 is 0.977 bits per heavy atom. The molecule has 1 aliphatic heterocycles. The van der Waals surface area contributed by atoms with E-state index in [0.29, 0.717) is 46.8 Å². The number of rotatable bonds is 3. The van der Waals surface area contributed by atoms with Crippen molar-refractivity contribution in [2.24, 2.45) is 13.0 Å². The molecular weight excluding hydrogens is 562 g/mol. The van der Waals surface area contributed by atoms with Gasteiger partial charge in [-0.2, -0.15) is 10.4 Å². The molecule has 5 aromatic rings. The average molecular weight is 590 g/mol. The Kier molecular flexibility index (Phi) is 7.61. The second kappa shape index (κ2) is 11.7. The SMILES string of the molecule is C[C@@H]1CCC[C@H](n2cnc(-c3cc(Cl)ccc3-c3ccc(C#N)cc3)cc2=O)c2cc(ccn2)-c2c(cnn2C)NC1=O. The van der Waals surface area contributed by atoms with E-state index in [1.165, 1.54) is 6.07 Å². The summed E-state index contributed by atoms with van der Waals surface area (Å²) in [5, 5.41) is 17.1. The van der Waals surface area contributed by atoms with Crippen LogP contribution in [0.1, 0.15) is 43.5 Å². The number of nitriles is 1. The molecule has 0 radical (unpaired) electrons. The lowest BCUT2D eigenvalue weighted by molar-refractivity contribution is -0.119. The number of nitrogens with one attached hydrogen (secondary N) is 1. The van der Waals surface area contributed by atoms with Crippen LogP contribution in [-0.2, 0) is 11.8 Å². The van der Waals surface area contributed by atoms with Gasteiger partial charge in [0.15, 0.2) is 0 Å². The average Bonchev–Trinajstić information content (AvgIpc) is 3.38. The van der Waals surface area contributed by atoms with Gasteiger partial charge < -0.3 is 5.32 Å². The third kappa shape index (κ3) is 5.57. The van der Waals surface area contributed by atoms with Gasteiger partial charge >= 0.3 is 0 Å². The number of halogens is 1. The fourth-order valence-corrected chi connectivity index (χ4v) is 5.75. The summed E-state index contributed by atoms with van der Waals surface area (Å²) in [5.41, 5.74) is 6.21. The van der Waals surface area contributed by atoms with Crippen molar-refractivity contribution in [2.45, 2.75) is 32.2 Å². The topological polar surface area (TPSA) is 118 Å². The number of carbonyl (C=O) groups is 1. The van der Waals surface area contributed by atoms with E-state index < -0.39 is 6.04 Å². The Hall–Kier alpha value is -5.07. The summed E-state index contributed by atoms with van der Waals surface area (Å²) in [7, 11) is 1.83. The van der Waals surface area contributed by atoms with Crippen molar-refractivity contribution in [3.8, 4) is 39.7 Å². The number of hydrogen-bond donors (Lipinski definition) is 1. The Morgan fingerprint density at radius 3 is 2.56 bits per heavy atom. The first-order valence-electron chi connectivity index (χ1n) is 14.0. The van der Waals surface area contributed by atoms with Crippen LogP contribution in [0.2, 0.25) is 5.02 Å². The maximum absolute atomic E-state index is 13.8. The van der Waals surface area contributed by atoms with Gasteiger partial charge in [-0.25, -0.2) is 4.98 Å². The highest BCUT2D eigenvalue weighted by Gasteiger charge is 2.24. The number of benzene rings is 2. The van der Waals surface area contributed by atoms with Crippen molar-refractivity contribution < 1.29 is 4.79 Å². The van der Waals surface area contributed by atoms with Gasteiger partial charge in [0, 0.05) is 41.4 Å². The summed E-state index contributed by atoms with van der Waals surface area (Å²) >= 11 is 6.38. The number of aromatic nitrogens is 5. The van der Waals surface area contributed by atoms with Crippen LogP contribution in [0, 0.1) is 17.2 Å². The quantitative estimate of drug-likeness (QED) is 0.266. The molecule has 6 rings (SSSR count). The Balaban J connectivity index is 1.43. The van der Waals surface area contributed by atoms with Gasteiger partial charge in [0.2, 0.25) is 5.91 Å². The molecule has 3 aromatic heterocycles. The smallest absolute Gasteiger partial charge is 0.254 e. The minimum Gasteiger partial charge on any atom is -0.323 e. The summed E-state index contributed by atoms with van der Waals surface area (Å²) in [6.45, 7) is 1.91. The van der Waals surface area contributed by atoms with Crippen LogP contribution in [0.15, 0.2) is 84.2 Å². The first-order valence-corrected chi connectivity index (χ1v) is 14.4. The number of nitrogens with zero attached hydrogens (tertiary/aromatic N) is 6. The molecule has 10 heteroatoms. The summed E-state index contributed by atoms with van der Waals surface area (Å²) in [5.74, 6) is -0.288. The number of carbonyl (C=O) groups excluding carboxylic acids is 1. The third-order valence-electron chi connectivity index (χ3n) is 7.91. The van der Waals surface area contributed by atoms with Crippen LogP contribution < -0.4 is 10.9 Å². The molecule has 1 N–H and O–H groups in total. The van der Waals surface area contributed by atoms with Crippen LogP contribution in [-0.4, -0.2) is 30.2 Å². The minimum atomic E-state index is -0.391. The van der Waals surface area contributed by atoms with Crippen LogP contribution in [0.3, 0.4) is 0 Å². The summed E-state index contributed by atoms with van der Waals surface area (Å²) in [4.78, 5) is 36.1. The van der Waals surface area contributed by atoms with E-state index >= 15 is 0 Å². The van der Waals surface area contributed by atoms with E-state index in [2.05, 4.69) is 21.5 Å². The maximum atomic E-state index is 13.8. The fraction of sp³-hybridized carbons (Fsp3) is 0.212. The molecule has 214 valence electrons. The molecular formula is C33H28ClN7O2. The van der Waals surface area contributed by atoms with Gasteiger partial charge in [0.25, 0.3) is 5.56 Å². The van der Waals surface area contributed by atoms with Crippen molar-refractivity contribution >= 4 is 23.2 Å². The molecule has 0 saturated heterocycles. The first kappa shape index (κ1) is 28.1. The largest absolute Gasteiger partial charge is 0.323 e. The maximum Gasteiger partial charge on any atom is 0.254 e. The number of amides is 1. The van der Waals surface area contributed by atoms with Gasteiger partial charge in [0.1, 0.15) is 0 Å². The minimum absolute atomic E-state index is 0.0663. The Morgan fingerprint density at radius 2 is 1.79 bits per heavy atom. The normalized spacial score (nSPS) is 16.7. The van der Waals surface area contributed by atoms with E-state index in [9.17, 15) is 14.9 Å². The predicted molar refractivity (Wildman–Crippen MR) is 165 cm³/mol. The summed E-state index contributed by atoms with van der Waals surface area (Å²) < 4.78 is 3.33. The summed E-state index contributed by atoms with van der Waals surface area (Å²) in [6, 6.07) is 19.8. The molecule has 43 heavy (non-hydrogen) atoms. The second-order valence-electron chi connectivity index (χ2n) is 10.7. The number of anilines is 1. The molecule has 0 saturated carbocycles. The first-order chi connectivity index (χ1) is 20.8. The zero-order chi connectivity index (χ0) is 30.1. The van der Waals surface area contributed by atoms with E-state index in [1.807, 2.05) is 44.3 Å². The lowest BCUT2D eigenvalue weighted by Gasteiger charge is -2.22. The zero-order valence-electron chi connectivity index (χ0n) is 23.7. The lowest BCUT2D eigenvalue weighted by atomic mass is 9.96. The standard InChI is InChI=1S/C33H28ClN7O2/c1-20-4-3-5-30(28-14-23(12-13-36-28)32-29(39-33(20)43)18-38-40(32)2)41-19-37-27(16-31(41)42)26-15-24(34)10-11-25(26)22-8-6-21(17-35)7-9-22/h6-16,18-20,30H,3-5H2,1-2H3,(H,39,43)/t20-,30+/m1/s1. The molecule has 1 amide bonds. The molecule has 9 nitrogen and oxygen atoms in total. The van der Waals surface area contributed by atoms with Gasteiger partial charge in [0.05, 0.1) is 53.0 Å². The monoisotopic (exact) mass is 589 g/mol. The molecule has 0 unspecified atom stereocenters. The number of aryl methyl sites for hydroxylation is 1. The zero-order valence-corrected chi connectivity index (χ0v) is 24.4. The van der Waals surface area contributed by atoms with Crippen molar-refractivity contribution in [2.75, 3.05) is 5.32 Å². The number of fused-ring (bicyclic) bond motifs is 4. The fourth-order valence-electron chi connectivity index (χ4n) is 5.58. The lowest BCUT2D eigenvalue weighted by Crippen LogP contribution is -2.27. The third-order valence-corrected chi connectivity index (χ3v) is 8.14. The molecule has 0 spiro atoms. The number of pyridine rings is 1. The molecule has 0 aliphatic carbocycles. The van der Waals surface area contributed by atoms with Gasteiger partial charge in [-0.1, -0.05) is 43.1 Å². The Bertz CT molecular complexity index is 1940. The molecule has 2 aromatic carbocycles. The van der Waals surface area contributed by atoms with E-state index in [1.54, 1.807) is 52.2 Å². The summed E-state index contributed by atoms with van der Waals surface area (Å²) in [6.07, 6.45) is 6.88. The molecule has 4 heterocycles. The van der Waals surface area contributed by atoms with E-state index in [-0.39, 0.29) is 17.4 Å². The van der Waals surface area contributed by atoms with Gasteiger partial charge in [-0.15, -0.1) is 0 Å². The Labute approximate surface area is 253 Å². The van der Waals surface area contributed by atoms with Crippen LogP contribution in [0.25, 0.3) is 33.6 Å². The molecule has 1 aliphatic rings. The highest BCUT2D eigenvalue weighted by molar-refractivity contribution is 6.31. The molecule has 2 atom stereocenters. The van der Waals surface area contributed by atoms with E-state index in [0.717, 1.165) is 28.1 Å². The van der Waals surface area contributed by atoms with Crippen LogP contribution in [0.4, 0.5) is 5.69 Å². The second-order valence-corrected chi connectivity index (χ2v) is 11.2. The van der Waals surface area contributed by atoms with Gasteiger partial charge in [-0.3, -0.25) is 23.8 Å². The molecule has 2 bridgehead atoms. The predicted octanol–water partition coefficient (Wildman–Crippen LogP) is 6.25. The van der Waals surface area contributed by atoms with Crippen molar-refractivity contribution in [1.29, 1.82) is 5.26 Å². The van der Waals surface area contributed by atoms with Crippen molar-refractivity contribution in [3.05, 3.63) is 106 Å². The highest BCUT2D eigenvalue weighted by atomic mass is 35.5. The number of hydrogen-bond acceptors (Lipinski definition) is 6. The highest BCUT2D eigenvalue weighted by Crippen LogP contribution is 2.35.